The zero-order valence-corrected chi connectivity index (χ0v) is 13.3. The van der Waals surface area contributed by atoms with Gasteiger partial charge in [-0.15, -0.1) is 5.10 Å². The van der Waals surface area contributed by atoms with Gasteiger partial charge in [0.2, 0.25) is 5.91 Å². The third kappa shape index (κ3) is 3.11. The van der Waals surface area contributed by atoms with Gasteiger partial charge in [0.15, 0.2) is 0 Å². The molecule has 23 heavy (non-hydrogen) atoms. The number of fused-ring (bicyclic) bond motifs is 3. The molecule has 1 aromatic heterocycles. The lowest BCUT2D eigenvalue weighted by molar-refractivity contribution is -0.140. The average Bonchev–Trinajstić information content (AvgIpc) is 3.09. The summed E-state index contributed by atoms with van der Waals surface area (Å²) in [6, 6.07) is 0.213. The molecule has 2 saturated heterocycles. The van der Waals surface area contributed by atoms with Crippen LogP contribution < -0.4 is 0 Å². The van der Waals surface area contributed by atoms with Crippen molar-refractivity contribution in [3.63, 3.8) is 0 Å². The van der Waals surface area contributed by atoms with Crippen LogP contribution in [0.1, 0.15) is 24.6 Å². The van der Waals surface area contributed by atoms with Crippen LogP contribution in [0.3, 0.4) is 0 Å². The van der Waals surface area contributed by atoms with Gasteiger partial charge in [0.05, 0.1) is 43.9 Å². The predicted octanol–water partition coefficient (Wildman–Crippen LogP) is -0.327. The minimum absolute atomic E-state index is 0.0327. The molecule has 3 aliphatic rings. The second kappa shape index (κ2) is 6.54. The Morgan fingerprint density at radius 2 is 2.17 bits per heavy atom. The largest absolute Gasteiger partial charge is 0.379 e. The zero-order valence-electron chi connectivity index (χ0n) is 13.3. The third-order valence-corrected chi connectivity index (χ3v) is 5.03. The number of carbonyl (C=O) groups is 1. The Bertz CT molecular complexity index is 557. The summed E-state index contributed by atoms with van der Waals surface area (Å²) in [5.74, 6) is 0.225. The van der Waals surface area contributed by atoms with Crippen LogP contribution >= 0.6 is 0 Å². The quantitative estimate of drug-likeness (QED) is 0.759. The Hall–Kier alpha value is -1.51. The van der Waals surface area contributed by atoms with E-state index in [9.17, 15) is 4.79 Å². The van der Waals surface area contributed by atoms with Crippen LogP contribution in [-0.4, -0.2) is 82.7 Å². The summed E-state index contributed by atoms with van der Waals surface area (Å²) in [7, 11) is 0. The fourth-order valence-electron chi connectivity index (χ4n) is 3.65. The average molecular weight is 321 g/mol. The van der Waals surface area contributed by atoms with Crippen LogP contribution in [0.5, 0.6) is 0 Å². The number of carbonyl (C=O) groups excluding carboxylic acids is 1. The van der Waals surface area contributed by atoms with Crippen molar-refractivity contribution in [3.05, 3.63) is 11.9 Å². The highest BCUT2D eigenvalue weighted by molar-refractivity contribution is 5.76. The summed E-state index contributed by atoms with van der Waals surface area (Å²) in [5.41, 5.74) is 1.03. The van der Waals surface area contributed by atoms with Gasteiger partial charge in [0.25, 0.3) is 0 Å². The highest BCUT2D eigenvalue weighted by Crippen LogP contribution is 2.30. The Morgan fingerprint density at radius 1 is 1.30 bits per heavy atom. The molecule has 126 valence electrons. The highest BCUT2D eigenvalue weighted by Gasteiger charge is 2.37. The normalized spacial score (nSPS) is 28.3. The van der Waals surface area contributed by atoms with Gasteiger partial charge in [-0.3, -0.25) is 9.69 Å². The van der Waals surface area contributed by atoms with Crippen LogP contribution in [-0.2, 0) is 20.9 Å². The van der Waals surface area contributed by atoms with E-state index in [-0.39, 0.29) is 18.1 Å². The van der Waals surface area contributed by atoms with E-state index in [1.807, 2.05) is 9.58 Å². The van der Waals surface area contributed by atoms with Gasteiger partial charge in [0.1, 0.15) is 0 Å². The molecule has 1 aromatic rings. The summed E-state index contributed by atoms with van der Waals surface area (Å²) >= 11 is 0. The monoisotopic (exact) mass is 321 g/mol. The van der Waals surface area contributed by atoms with Crippen molar-refractivity contribution in [1.82, 2.24) is 24.8 Å². The van der Waals surface area contributed by atoms with Crippen LogP contribution in [0.15, 0.2) is 6.20 Å². The van der Waals surface area contributed by atoms with Crippen LogP contribution in [0.4, 0.5) is 0 Å². The minimum atomic E-state index is 0.0327. The maximum Gasteiger partial charge on any atom is 0.223 e. The second-order valence-electron chi connectivity index (χ2n) is 6.42. The molecule has 0 bridgehead atoms. The number of hydrogen-bond donors (Lipinski definition) is 0. The van der Waals surface area contributed by atoms with E-state index in [4.69, 9.17) is 9.47 Å². The first-order valence-corrected chi connectivity index (χ1v) is 8.40. The molecule has 0 aromatic carbocycles. The molecule has 2 atom stereocenters. The fraction of sp³-hybridized carbons (Fsp3) is 0.800. The maximum absolute atomic E-state index is 12.5. The molecule has 4 heterocycles. The number of nitrogens with zero attached hydrogens (tertiary/aromatic N) is 5. The van der Waals surface area contributed by atoms with Gasteiger partial charge in [-0.25, -0.2) is 4.68 Å². The summed E-state index contributed by atoms with van der Waals surface area (Å²) in [4.78, 5) is 16.7. The van der Waals surface area contributed by atoms with Gasteiger partial charge >= 0.3 is 0 Å². The van der Waals surface area contributed by atoms with Gasteiger partial charge in [-0.2, -0.15) is 0 Å². The molecule has 8 nitrogen and oxygen atoms in total. The molecule has 0 saturated carbocycles. The minimum Gasteiger partial charge on any atom is -0.379 e. The number of rotatable bonds is 3. The summed E-state index contributed by atoms with van der Waals surface area (Å²) in [6.45, 7) is 6.18. The van der Waals surface area contributed by atoms with E-state index in [1.54, 1.807) is 6.20 Å². The van der Waals surface area contributed by atoms with Crippen LogP contribution in [0.2, 0.25) is 0 Å². The number of morpholine rings is 1. The van der Waals surface area contributed by atoms with Gasteiger partial charge < -0.3 is 14.4 Å². The van der Waals surface area contributed by atoms with Crippen molar-refractivity contribution in [2.45, 2.75) is 31.6 Å². The summed E-state index contributed by atoms with van der Waals surface area (Å²) in [5, 5.41) is 8.14. The lowest BCUT2D eigenvalue weighted by Gasteiger charge is -2.41. The molecule has 0 spiro atoms. The van der Waals surface area contributed by atoms with Gasteiger partial charge in [-0.05, 0) is 6.42 Å². The van der Waals surface area contributed by atoms with E-state index in [2.05, 4.69) is 15.2 Å². The Kier molecular flexibility index (Phi) is 4.28. The summed E-state index contributed by atoms with van der Waals surface area (Å²) < 4.78 is 13.2. The van der Waals surface area contributed by atoms with Crippen LogP contribution in [0, 0.1) is 0 Å². The molecular weight excluding hydrogens is 298 g/mol. The van der Waals surface area contributed by atoms with Crippen molar-refractivity contribution in [3.8, 4) is 0 Å². The SMILES string of the molecule is O=C(CCN1CCOCC1)N1CC[C@H]2[C@H](C1)OCc1cnnn12. The standard InChI is InChI=1S/C15H23N5O3/c21-15(2-3-18-5-7-22-8-6-18)19-4-1-13-14(10-19)23-11-12-9-16-17-20(12)13/h9,13-14H,1-8,10-11H2/t13-,14-/m0/s1. The first-order chi connectivity index (χ1) is 11.3. The van der Waals surface area contributed by atoms with Gasteiger partial charge in [-0.1, -0.05) is 5.21 Å². The number of aromatic nitrogens is 3. The molecular formula is C15H23N5O3. The molecule has 3 aliphatic heterocycles. The lowest BCUT2D eigenvalue weighted by Crippen LogP contribution is -2.51. The van der Waals surface area contributed by atoms with E-state index >= 15 is 0 Å². The van der Waals surface area contributed by atoms with Crippen molar-refractivity contribution >= 4 is 5.91 Å². The number of amides is 1. The maximum atomic E-state index is 12.5. The molecule has 8 heteroatoms. The number of likely N-dealkylation sites (tertiary alicyclic amines) is 1. The summed E-state index contributed by atoms with van der Waals surface area (Å²) in [6.07, 6.45) is 3.25. The van der Waals surface area contributed by atoms with E-state index < -0.39 is 0 Å². The smallest absolute Gasteiger partial charge is 0.223 e. The van der Waals surface area contributed by atoms with E-state index in [0.29, 0.717) is 19.6 Å². The van der Waals surface area contributed by atoms with Gasteiger partial charge in [0, 0.05) is 39.1 Å². The number of ether oxygens (including phenoxy) is 2. The Labute approximate surface area is 135 Å². The predicted molar refractivity (Wildman–Crippen MR) is 80.7 cm³/mol. The molecule has 0 N–H and O–H groups in total. The first kappa shape index (κ1) is 15.0. The molecule has 2 fully saturated rings. The Balaban J connectivity index is 1.31. The van der Waals surface area contributed by atoms with Crippen molar-refractivity contribution < 1.29 is 14.3 Å². The van der Waals surface area contributed by atoms with Crippen molar-refractivity contribution in [2.24, 2.45) is 0 Å². The van der Waals surface area contributed by atoms with Crippen LogP contribution in [0.25, 0.3) is 0 Å². The lowest BCUT2D eigenvalue weighted by atomic mass is 10.00. The topological polar surface area (TPSA) is 72.7 Å². The second-order valence-corrected chi connectivity index (χ2v) is 6.42. The molecule has 0 unspecified atom stereocenters. The number of piperidine rings is 1. The molecule has 0 aliphatic carbocycles. The highest BCUT2D eigenvalue weighted by atomic mass is 16.5. The fourth-order valence-corrected chi connectivity index (χ4v) is 3.65. The number of hydrogen-bond acceptors (Lipinski definition) is 6. The van der Waals surface area contributed by atoms with E-state index in [1.165, 1.54) is 0 Å². The van der Waals surface area contributed by atoms with Crippen molar-refractivity contribution in [1.29, 1.82) is 0 Å². The van der Waals surface area contributed by atoms with Crippen molar-refractivity contribution in [2.75, 3.05) is 45.9 Å². The van der Waals surface area contributed by atoms with E-state index in [0.717, 1.165) is 51.5 Å². The molecule has 4 rings (SSSR count). The molecule has 1 amide bonds. The Morgan fingerprint density at radius 3 is 3.04 bits per heavy atom. The third-order valence-electron chi connectivity index (χ3n) is 5.03. The first-order valence-electron chi connectivity index (χ1n) is 8.40. The molecule has 0 radical (unpaired) electrons. The zero-order chi connectivity index (χ0) is 15.6.